The largest absolute Gasteiger partial charge is 0.872 e. The van der Waals surface area contributed by atoms with Gasteiger partial charge >= 0.3 is 0 Å². The number of hydrogen-bond donors (Lipinski definition) is 1. The molecule has 2 aromatic rings. The molecule has 0 saturated carbocycles. The van der Waals surface area contributed by atoms with Crippen LogP contribution in [0.1, 0.15) is 64.1 Å². The van der Waals surface area contributed by atoms with Crippen LogP contribution in [0, 0.1) is 0 Å². The molecule has 2 aromatic carbocycles. The maximum Gasteiger partial charge on any atom is 0.295 e. The number of ketones is 1. The molecule has 2 aliphatic heterocycles. The molecule has 0 aromatic heterocycles. The fraction of sp³-hybridized carbons (Fsp3) is 0.500. The summed E-state index contributed by atoms with van der Waals surface area (Å²) in [5.41, 5.74) is 0.838. The Hall–Kier alpha value is -3.72. The van der Waals surface area contributed by atoms with Crippen molar-refractivity contribution in [2.24, 2.45) is 0 Å². The Labute approximate surface area is 242 Å². The molecule has 1 unspecified atom stereocenters. The van der Waals surface area contributed by atoms with Gasteiger partial charge in [0, 0.05) is 18.5 Å². The zero-order valence-corrected chi connectivity index (χ0v) is 24.6. The monoisotopic (exact) mass is 566 g/mol. The number of carbonyl (C=O) groups is 2. The second kappa shape index (κ2) is 14.3. The lowest BCUT2D eigenvalue weighted by Crippen LogP contribution is -3.11. The molecular weight excluding hydrogens is 524 g/mol. The lowest BCUT2D eigenvalue weighted by atomic mass is 9.94. The van der Waals surface area contributed by atoms with Crippen LogP contribution >= 0.6 is 0 Å². The van der Waals surface area contributed by atoms with Crippen LogP contribution in [0.3, 0.4) is 0 Å². The van der Waals surface area contributed by atoms with Crippen molar-refractivity contribution in [3.63, 3.8) is 0 Å². The molecule has 41 heavy (non-hydrogen) atoms. The lowest BCUT2D eigenvalue weighted by molar-refractivity contribution is -0.896. The summed E-state index contributed by atoms with van der Waals surface area (Å²) < 4.78 is 23.1. The predicted molar refractivity (Wildman–Crippen MR) is 153 cm³/mol. The molecule has 2 heterocycles. The van der Waals surface area contributed by atoms with Crippen molar-refractivity contribution < 1.29 is 38.5 Å². The first kappa shape index (κ1) is 30.2. The van der Waals surface area contributed by atoms with Crippen LogP contribution in [0.4, 0.5) is 0 Å². The number of unbranched alkanes of at least 4 members (excludes halogenated alkanes) is 1. The van der Waals surface area contributed by atoms with Crippen LogP contribution < -0.4 is 29.0 Å². The zero-order valence-electron chi connectivity index (χ0n) is 24.6. The van der Waals surface area contributed by atoms with Crippen LogP contribution in [-0.2, 0) is 9.59 Å². The van der Waals surface area contributed by atoms with Crippen molar-refractivity contribution in [2.75, 3.05) is 52.6 Å². The number of Topliss-reactive ketones (excluding diaryl/α,β-unsaturated/α-hetero) is 1. The lowest BCUT2D eigenvalue weighted by Gasteiger charge is -2.29. The fourth-order valence-corrected chi connectivity index (χ4v) is 5.30. The molecule has 1 amide bonds. The van der Waals surface area contributed by atoms with Crippen molar-refractivity contribution in [1.29, 1.82) is 0 Å². The third-order valence-electron chi connectivity index (χ3n) is 7.60. The second-order valence-corrected chi connectivity index (χ2v) is 10.2. The number of benzene rings is 2. The van der Waals surface area contributed by atoms with E-state index in [1.807, 2.05) is 13.0 Å². The number of hydrogen-bond acceptors (Lipinski definition) is 7. The summed E-state index contributed by atoms with van der Waals surface area (Å²) in [4.78, 5) is 29.9. The van der Waals surface area contributed by atoms with Crippen LogP contribution in [-0.4, -0.2) is 69.2 Å². The van der Waals surface area contributed by atoms with Crippen LogP contribution in [0.25, 0.3) is 5.76 Å². The summed E-state index contributed by atoms with van der Waals surface area (Å²) in [6.45, 7) is 13.2. The Morgan fingerprint density at radius 1 is 0.951 bits per heavy atom. The molecule has 1 saturated heterocycles. The van der Waals surface area contributed by atoms with E-state index in [1.165, 1.54) is 4.90 Å². The molecule has 4 rings (SSSR count). The number of likely N-dealkylation sites (tertiary alicyclic amines) is 1. The second-order valence-electron chi connectivity index (χ2n) is 10.2. The minimum absolute atomic E-state index is 0.0658. The molecule has 0 spiro atoms. The van der Waals surface area contributed by atoms with E-state index >= 15 is 0 Å². The van der Waals surface area contributed by atoms with Gasteiger partial charge < -0.3 is 33.9 Å². The molecule has 9 heteroatoms. The number of fused-ring (bicyclic) bond motifs is 1. The molecule has 1 fully saturated rings. The van der Waals surface area contributed by atoms with E-state index < -0.39 is 23.5 Å². The van der Waals surface area contributed by atoms with E-state index in [4.69, 9.17) is 18.9 Å². The highest BCUT2D eigenvalue weighted by Crippen LogP contribution is 2.42. The Morgan fingerprint density at radius 3 is 2.41 bits per heavy atom. The van der Waals surface area contributed by atoms with Crippen LogP contribution in [0.5, 0.6) is 23.0 Å². The van der Waals surface area contributed by atoms with Gasteiger partial charge in [-0.15, -0.1) is 0 Å². The zero-order chi connectivity index (χ0) is 29.4. The molecule has 1 atom stereocenters. The maximum absolute atomic E-state index is 14.0. The van der Waals surface area contributed by atoms with E-state index in [0.29, 0.717) is 68.0 Å². The molecule has 9 nitrogen and oxygen atoms in total. The van der Waals surface area contributed by atoms with Gasteiger partial charge in [0.15, 0.2) is 23.0 Å². The van der Waals surface area contributed by atoms with Gasteiger partial charge in [-0.25, -0.2) is 0 Å². The molecule has 222 valence electrons. The maximum atomic E-state index is 14.0. The van der Waals surface area contributed by atoms with E-state index in [1.54, 1.807) is 35.2 Å². The van der Waals surface area contributed by atoms with Gasteiger partial charge in [-0.3, -0.25) is 9.59 Å². The van der Waals surface area contributed by atoms with E-state index in [2.05, 4.69) is 20.8 Å². The van der Waals surface area contributed by atoms with Crippen molar-refractivity contribution in [1.82, 2.24) is 4.90 Å². The predicted octanol–water partition coefficient (Wildman–Crippen LogP) is 2.57. The number of quaternary nitrogens is 1. The van der Waals surface area contributed by atoms with Crippen LogP contribution in [0.15, 0.2) is 42.0 Å². The quantitative estimate of drug-likeness (QED) is 0.162. The summed E-state index contributed by atoms with van der Waals surface area (Å²) in [7, 11) is 0. The Kier molecular flexibility index (Phi) is 10.5. The van der Waals surface area contributed by atoms with Gasteiger partial charge in [-0.05, 0) is 62.6 Å². The Morgan fingerprint density at radius 2 is 1.71 bits per heavy atom. The minimum Gasteiger partial charge on any atom is -0.872 e. The van der Waals surface area contributed by atoms with Gasteiger partial charge in [-0.1, -0.05) is 31.2 Å². The average Bonchev–Trinajstić information content (AvgIpc) is 3.24. The van der Waals surface area contributed by atoms with E-state index in [0.717, 1.165) is 32.5 Å². The van der Waals surface area contributed by atoms with E-state index in [9.17, 15) is 14.7 Å². The van der Waals surface area contributed by atoms with Gasteiger partial charge in [-0.2, -0.15) is 0 Å². The summed E-state index contributed by atoms with van der Waals surface area (Å²) in [6.07, 6.45) is 2.61. The van der Waals surface area contributed by atoms with Crippen molar-refractivity contribution >= 4 is 17.4 Å². The smallest absolute Gasteiger partial charge is 0.295 e. The molecule has 0 aliphatic carbocycles. The Balaban J connectivity index is 1.76. The Bertz CT molecular complexity index is 1250. The third kappa shape index (κ3) is 6.78. The summed E-state index contributed by atoms with van der Waals surface area (Å²) in [5, 5.41) is 14.0. The van der Waals surface area contributed by atoms with Gasteiger partial charge in [0.25, 0.3) is 5.91 Å². The molecule has 1 N–H and O–H groups in total. The first-order valence-corrected chi connectivity index (χ1v) is 14.8. The normalized spacial score (nSPS) is 17.8. The topological polar surface area (TPSA) is 102 Å². The minimum atomic E-state index is -0.841. The first-order chi connectivity index (χ1) is 19.9. The highest BCUT2D eigenvalue weighted by Gasteiger charge is 2.44. The summed E-state index contributed by atoms with van der Waals surface area (Å²) in [6, 6.07) is 9.43. The van der Waals surface area contributed by atoms with Gasteiger partial charge in [0.1, 0.15) is 13.2 Å². The molecule has 0 bridgehead atoms. The average molecular weight is 567 g/mol. The van der Waals surface area contributed by atoms with Crippen molar-refractivity contribution in [2.45, 2.75) is 53.0 Å². The summed E-state index contributed by atoms with van der Waals surface area (Å²) in [5.74, 6) is 0.176. The standard InChI is InChI=1S/C32H42N2O7/c1-5-9-17-39-24-13-11-22(20-26(24)38-8-4)29-28(30(35)23-12-14-25-27(21-23)41-19-18-40-25)31(36)32(37)34(29)16-10-15-33(6-2)7-3/h11-14,20-21,29,35H,5-10,15-19H2,1-4H3. The first-order valence-electron chi connectivity index (χ1n) is 14.8. The number of amides is 1. The SMILES string of the molecule is CCCCOc1ccc(C2C(=C([O-])c3ccc4c(c3)OCCO4)C(=O)C(=O)N2CCC[NH+](CC)CC)cc1OCC. The number of nitrogens with zero attached hydrogens (tertiary/aromatic N) is 1. The van der Waals surface area contributed by atoms with E-state index in [-0.39, 0.29) is 11.1 Å². The molecule has 2 aliphatic rings. The fourth-order valence-electron chi connectivity index (χ4n) is 5.30. The highest BCUT2D eigenvalue weighted by molar-refractivity contribution is 6.46. The number of nitrogens with one attached hydrogen (secondary N) is 1. The van der Waals surface area contributed by atoms with Crippen molar-refractivity contribution in [3.8, 4) is 23.0 Å². The molecular formula is C32H42N2O7. The number of rotatable bonds is 14. The molecule has 0 radical (unpaired) electrons. The third-order valence-corrected chi connectivity index (χ3v) is 7.60. The van der Waals surface area contributed by atoms with Crippen LogP contribution in [0.2, 0.25) is 0 Å². The van der Waals surface area contributed by atoms with Gasteiger partial charge in [0.05, 0.1) is 38.9 Å². The number of carbonyl (C=O) groups excluding carboxylic acids is 2. The highest BCUT2D eigenvalue weighted by atomic mass is 16.6. The number of ether oxygens (including phenoxy) is 4. The van der Waals surface area contributed by atoms with Gasteiger partial charge in [0.2, 0.25) is 5.78 Å². The summed E-state index contributed by atoms with van der Waals surface area (Å²) >= 11 is 0. The van der Waals surface area contributed by atoms with Crippen molar-refractivity contribution in [3.05, 3.63) is 53.1 Å².